The van der Waals surface area contributed by atoms with Gasteiger partial charge in [0, 0.05) is 24.2 Å². The largest absolute Gasteiger partial charge is 0.507 e. The van der Waals surface area contributed by atoms with E-state index < -0.39 is 0 Å². The second-order valence-corrected chi connectivity index (χ2v) is 4.40. The third-order valence-corrected chi connectivity index (χ3v) is 2.18. The van der Waals surface area contributed by atoms with E-state index >= 15 is 0 Å². The number of hydrogen-bond donors (Lipinski definition) is 1. The Morgan fingerprint density at radius 1 is 0.933 bits per heavy atom. The second-order valence-electron chi connectivity index (χ2n) is 4.40. The van der Waals surface area contributed by atoms with Gasteiger partial charge in [-0.3, -0.25) is 0 Å². The van der Waals surface area contributed by atoms with Crippen LogP contribution in [0.2, 0.25) is 0 Å². The first kappa shape index (κ1) is 12.0. The Hall–Kier alpha value is -1.06. The molecule has 0 saturated heterocycles. The molecule has 0 bridgehead atoms. The number of rotatable bonds is 4. The minimum absolute atomic E-state index is 0.430. The van der Waals surface area contributed by atoms with E-state index in [2.05, 4.69) is 9.80 Å². The lowest BCUT2D eigenvalue weighted by atomic mass is 10.1. The van der Waals surface area contributed by atoms with Gasteiger partial charge in [-0.2, -0.15) is 0 Å². The number of phenolic OH excluding ortho intramolecular Hbond substituents is 1. The van der Waals surface area contributed by atoms with E-state index in [-0.39, 0.29) is 0 Å². The molecule has 0 aromatic heterocycles. The highest BCUT2D eigenvalue weighted by molar-refractivity contribution is 5.40. The molecule has 15 heavy (non-hydrogen) atoms. The highest BCUT2D eigenvalue weighted by atomic mass is 16.3. The number of para-hydroxylation sites is 1. The van der Waals surface area contributed by atoms with Crippen LogP contribution >= 0.6 is 0 Å². The van der Waals surface area contributed by atoms with Crippen molar-refractivity contribution in [1.29, 1.82) is 0 Å². The monoisotopic (exact) mass is 208 g/mol. The first-order valence-corrected chi connectivity index (χ1v) is 5.10. The van der Waals surface area contributed by atoms with Gasteiger partial charge in [-0.1, -0.05) is 18.2 Å². The molecule has 0 saturated carbocycles. The molecule has 0 fully saturated rings. The summed E-state index contributed by atoms with van der Waals surface area (Å²) in [4.78, 5) is 4.10. The van der Waals surface area contributed by atoms with Gasteiger partial charge in [0.05, 0.1) is 0 Å². The van der Waals surface area contributed by atoms with Gasteiger partial charge in [0.15, 0.2) is 0 Å². The van der Waals surface area contributed by atoms with Crippen molar-refractivity contribution >= 4 is 0 Å². The van der Waals surface area contributed by atoms with Gasteiger partial charge in [-0.15, -0.1) is 0 Å². The SMILES string of the molecule is CN(C)Cc1cccc(CN(C)C)c1O. The second kappa shape index (κ2) is 5.14. The third-order valence-electron chi connectivity index (χ3n) is 2.18. The third kappa shape index (κ3) is 3.53. The number of phenols is 1. The van der Waals surface area contributed by atoms with E-state index in [1.165, 1.54) is 0 Å². The zero-order valence-electron chi connectivity index (χ0n) is 9.99. The van der Waals surface area contributed by atoms with Crippen molar-refractivity contribution in [3.63, 3.8) is 0 Å². The van der Waals surface area contributed by atoms with Crippen LogP contribution in [0.4, 0.5) is 0 Å². The molecule has 1 aromatic rings. The Labute approximate surface area is 91.9 Å². The zero-order valence-corrected chi connectivity index (χ0v) is 9.99. The number of aromatic hydroxyl groups is 1. The van der Waals surface area contributed by atoms with Crippen LogP contribution in [0.15, 0.2) is 18.2 Å². The van der Waals surface area contributed by atoms with Crippen molar-refractivity contribution in [2.75, 3.05) is 28.2 Å². The highest BCUT2D eigenvalue weighted by Crippen LogP contribution is 2.24. The summed E-state index contributed by atoms with van der Waals surface area (Å²) < 4.78 is 0. The zero-order chi connectivity index (χ0) is 11.4. The summed E-state index contributed by atoms with van der Waals surface area (Å²) in [6.07, 6.45) is 0. The van der Waals surface area contributed by atoms with E-state index in [1.54, 1.807) is 0 Å². The lowest BCUT2D eigenvalue weighted by Gasteiger charge is -2.16. The Morgan fingerprint density at radius 3 is 1.67 bits per heavy atom. The van der Waals surface area contributed by atoms with Crippen LogP contribution in [0.5, 0.6) is 5.75 Å². The van der Waals surface area contributed by atoms with Gasteiger partial charge in [0.25, 0.3) is 0 Å². The summed E-state index contributed by atoms with van der Waals surface area (Å²) in [6.45, 7) is 1.54. The first-order chi connectivity index (χ1) is 7.00. The maximum Gasteiger partial charge on any atom is 0.124 e. The number of nitrogens with zero attached hydrogens (tertiary/aromatic N) is 2. The van der Waals surface area contributed by atoms with Crippen molar-refractivity contribution < 1.29 is 5.11 Å². The predicted octanol–water partition coefficient (Wildman–Crippen LogP) is 1.52. The molecule has 0 aliphatic heterocycles. The van der Waals surface area contributed by atoms with E-state index in [0.717, 1.165) is 24.2 Å². The minimum Gasteiger partial charge on any atom is -0.507 e. The Kier molecular flexibility index (Phi) is 4.12. The molecule has 0 atom stereocenters. The number of benzene rings is 1. The van der Waals surface area contributed by atoms with Crippen molar-refractivity contribution in [3.8, 4) is 5.75 Å². The molecule has 0 heterocycles. The molecule has 1 rings (SSSR count). The van der Waals surface area contributed by atoms with Crippen LogP contribution in [-0.4, -0.2) is 43.1 Å². The molecule has 3 heteroatoms. The molecule has 0 spiro atoms. The standard InChI is InChI=1S/C12H20N2O/c1-13(2)8-10-6-5-7-11(12(10)15)9-14(3)4/h5-7,15H,8-9H2,1-4H3. The molecule has 1 N–H and O–H groups in total. The fourth-order valence-electron chi connectivity index (χ4n) is 1.58. The van der Waals surface area contributed by atoms with Gasteiger partial charge in [-0.05, 0) is 28.2 Å². The average molecular weight is 208 g/mol. The molecule has 0 aliphatic rings. The summed E-state index contributed by atoms with van der Waals surface area (Å²) >= 11 is 0. The van der Waals surface area contributed by atoms with Crippen LogP contribution in [0, 0.1) is 0 Å². The summed E-state index contributed by atoms with van der Waals surface area (Å²) in [7, 11) is 7.99. The van der Waals surface area contributed by atoms with E-state index in [1.807, 2.05) is 46.4 Å². The summed E-state index contributed by atoms with van der Waals surface area (Å²) in [6, 6.07) is 5.93. The molecular weight excluding hydrogens is 188 g/mol. The molecule has 84 valence electrons. The smallest absolute Gasteiger partial charge is 0.124 e. The van der Waals surface area contributed by atoms with Gasteiger partial charge in [0.2, 0.25) is 0 Å². The lowest BCUT2D eigenvalue weighted by Crippen LogP contribution is -2.13. The van der Waals surface area contributed by atoms with Gasteiger partial charge in [-0.25, -0.2) is 0 Å². The summed E-state index contributed by atoms with van der Waals surface area (Å²) in [5.74, 6) is 0.430. The maximum absolute atomic E-state index is 10.0. The normalized spacial score (nSPS) is 11.3. The molecule has 0 unspecified atom stereocenters. The van der Waals surface area contributed by atoms with Crippen LogP contribution < -0.4 is 0 Å². The average Bonchev–Trinajstić information content (AvgIpc) is 2.10. The molecule has 3 nitrogen and oxygen atoms in total. The fourth-order valence-corrected chi connectivity index (χ4v) is 1.58. The van der Waals surface area contributed by atoms with Crippen molar-refractivity contribution in [2.24, 2.45) is 0 Å². The molecule has 1 aromatic carbocycles. The molecule has 0 amide bonds. The fraction of sp³-hybridized carbons (Fsp3) is 0.500. The van der Waals surface area contributed by atoms with Gasteiger partial charge < -0.3 is 14.9 Å². The lowest BCUT2D eigenvalue weighted by molar-refractivity contribution is 0.368. The Bertz CT molecular complexity index is 293. The topological polar surface area (TPSA) is 26.7 Å². The Morgan fingerprint density at radius 2 is 1.33 bits per heavy atom. The van der Waals surface area contributed by atoms with Crippen LogP contribution in [0.25, 0.3) is 0 Å². The first-order valence-electron chi connectivity index (χ1n) is 5.10. The number of hydrogen-bond acceptors (Lipinski definition) is 3. The van der Waals surface area contributed by atoms with Crippen LogP contribution in [-0.2, 0) is 13.1 Å². The minimum atomic E-state index is 0.430. The van der Waals surface area contributed by atoms with Crippen LogP contribution in [0.1, 0.15) is 11.1 Å². The maximum atomic E-state index is 10.0. The van der Waals surface area contributed by atoms with Crippen molar-refractivity contribution in [1.82, 2.24) is 9.80 Å². The van der Waals surface area contributed by atoms with Gasteiger partial charge in [0.1, 0.15) is 5.75 Å². The summed E-state index contributed by atoms with van der Waals surface area (Å²) in [5, 5.41) is 10.0. The van der Waals surface area contributed by atoms with Crippen molar-refractivity contribution in [3.05, 3.63) is 29.3 Å². The Balaban J connectivity index is 2.90. The highest BCUT2D eigenvalue weighted by Gasteiger charge is 2.07. The van der Waals surface area contributed by atoms with E-state index in [0.29, 0.717) is 5.75 Å². The molecule has 0 aliphatic carbocycles. The molecule has 0 radical (unpaired) electrons. The summed E-state index contributed by atoms with van der Waals surface area (Å²) in [5.41, 5.74) is 1.97. The van der Waals surface area contributed by atoms with Crippen molar-refractivity contribution in [2.45, 2.75) is 13.1 Å². The van der Waals surface area contributed by atoms with E-state index in [9.17, 15) is 5.11 Å². The predicted molar refractivity (Wildman–Crippen MR) is 62.9 cm³/mol. The molecular formula is C12H20N2O. The quantitative estimate of drug-likeness (QED) is 0.812. The van der Waals surface area contributed by atoms with Gasteiger partial charge >= 0.3 is 0 Å². The van der Waals surface area contributed by atoms with Crippen LogP contribution in [0.3, 0.4) is 0 Å². The van der Waals surface area contributed by atoms with E-state index in [4.69, 9.17) is 0 Å².